The number of nitrogens with zero attached hydrogens (tertiary/aromatic N) is 2. The molecule has 1 N–H and O–H groups in total. The number of carbonyl (C=O) groups excluding carboxylic acids is 2. The van der Waals surface area contributed by atoms with Crippen LogP contribution in [0.2, 0.25) is 0 Å². The molecule has 2 aromatic carbocycles. The number of hydrogen-bond donors (Lipinski definition) is 1. The van der Waals surface area contributed by atoms with Crippen LogP contribution < -0.4 is 5.32 Å². The van der Waals surface area contributed by atoms with E-state index in [-0.39, 0.29) is 24.1 Å². The number of aromatic nitrogens is 1. The highest BCUT2D eigenvalue weighted by Gasteiger charge is 2.27. The van der Waals surface area contributed by atoms with Gasteiger partial charge in [0.05, 0.1) is 12.7 Å². The highest BCUT2D eigenvalue weighted by molar-refractivity contribution is 5.94. The molecule has 0 saturated carbocycles. The van der Waals surface area contributed by atoms with Crippen LogP contribution in [0.25, 0.3) is 11.3 Å². The van der Waals surface area contributed by atoms with Gasteiger partial charge < -0.3 is 19.5 Å². The van der Waals surface area contributed by atoms with E-state index in [1.165, 1.54) is 23.1 Å². The second kappa shape index (κ2) is 12.4. The molecular formula is C24H28FN3O3. The van der Waals surface area contributed by atoms with Crippen molar-refractivity contribution in [3.63, 3.8) is 0 Å². The lowest BCUT2D eigenvalue weighted by atomic mass is 10.0. The average molecular weight is 426 g/mol. The van der Waals surface area contributed by atoms with Crippen molar-refractivity contribution in [2.24, 2.45) is 5.92 Å². The zero-order valence-electron chi connectivity index (χ0n) is 18.0. The van der Waals surface area contributed by atoms with E-state index >= 15 is 0 Å². The molecule has 0 fully saturated rings. The Morgan fingerprint density at radius 2 is 1.71 bits per heavy atom. The zero-order valence-corrected chi connectivity index (χ0v) is 18.0. The number of rotatable bonds is 8. The molecule has 0 bridgehead atoms. The highest BCUT2D eigenvalue weighted by atomic mass is 19.1. The van der Waals surface area contributed by atoms with E-state index in [1.807, 2.05) is 50.2 Å². The summed E-state index contributed by atoms with van der Waals surface area (Å²) in [6.07, 6.45) is 1.33. The largest absolute Gasteiger partial charge is 0.355 e. The van der Waals surface area contributed by atoms with Gasteiger partial charge in [-0.25, -0.2) is 4.39 Å². The number of hydrogen-bond acceptors (Lipinski definition) is 5. The summed E-state index contributed by atoms with van der Waals surface area (Å²) in [7, 11) is 1.70. The maximum Gasteiger partial charge on any atom is 0.277 e. The number of nitrogens with one attached hydrogen (secondary N) is 1. The van der Waals surface area contributed by atoms with Crippen LogP contribution >= 0.6 is 0 Å². The average Bonchev–Trinajstić information content (AvgIpc) is 3.28. The molecule has 0 aliphatic carbocycles. The molecule has 6 nitrogen and oxygen atoms in total. The fraction of sp³-hybridized carbons (Fsp3) is 0.292. The smallest absolute Gasteiger partial charge is 0.277 e. The van der Waals surface area contributed by atoms with Crippen LogP contribution in [0.15, 0.2) is 71.3 Å². The second-order valence-electron chi connectivity index (χ2n) is 7.36. The van der Waals surface area contributed by atoms with E-state index in [4.69, 9.17) is 4.52 Å². The number of amides is 1. The first-order valence-corrected chi connectivity index (χ1v) is 10.1. The summed E-state index contributed by atoms with van der Waals surface area (Å²) in [4.78, 5) is 25.6. The molecule has 0 aliphatic rings. The van der Waals surface area contributed by atoms with E-state index in [9.17, 15) is 14.0 Å². The molecule has 1 atom stereocenters. The standard InChI is InChI=1S/C18H22FN3O3.C6H6/c1-12(2)8-15(10-23)22(11-20-3)18(24)16-9-17(25-21-16)13-4-6-14(19)7-5-13;1-2-4-6-5-3-1/h4-7,9-10,12,15,20H,8,11H2,1-3H3;1-6H. The summed E-state index contributed by atoms with van der Waals surface area (Å²) >= 11 is 0. The maximum absolute atomic E-state index is 13.0. The third-order valence-corrected chi connectivity index (χ3v) is 4.38. The lowest BCUT2D eigenvalue weighted by Crippen LogP contribution is -2.46. The van der Waals surface area contributed by atoms with Crippen LogP contribution in [0.1, 0.15) is 30.8 Å². The van der Waals surface area contributed by atoms with Gasteiger partial charge in [-0.2, -0.15) is 0 Å². The van der Waals surface area contributed by atoms with Crippen molar-refractivity contribution < 1.29 is 18.5 Å². The molecule has 1 unspecified atom stereocenters. The molecule has 3 aromatic rings. The van der Waals surface area contributed by atoms with Gasteiger partial charge in [-0.3, -0.25) is 4.79 Å². The summed E-state index contributed by atoms with van der Waals surface area (Å²) in [5.74, 6) is -0.139. The van der Waals surface area contributed by atoms with Crippen molar-refractivity contribution in [1.29, 1.82) is 0 Å². The zero-order chi connectivity index (χ0) is 22.6. The fourth-order valence-corrected chi connectivity index (χ4v) is 2.91. The summed E-state index contributed by atoms with van der Waals surface area (Å²) < 4.78 is 18.2. The van der Waals surface area contributed by atoms with Gasteiger partial charge in [0, 0.05) is 11.6 Å². The molecule has 3 rings (SSSR count). The molecule has 31 heavy (non-hydrogen) atoms. The Bertz CT molecular complexity index is 900. The fourth-order valence-electron chi connectivity index (χ4n) is 2.91. The number of benzene rings is 2. The van der Waals surface area contributed by atoms with Crippen molar-refractivity contribution >= 4 is 12.2 Å². The number of carbonyl (C=O) groups is 2. The van der Waals surface area contributed by atoms with E-state index in [0.29, 0.717) is 17.7 Å². The molecular weight excluding hydrogens is 397 g/mol. The van der Waals surface area contributed by atoms with Gasteiger partial charge in [-0.15, -0.1) is 0 Å². The quantitative estimate of drug-likeness (QED) is 0.428. The van der Waals surface area contributed by atoms with E-state index < -0.39 is 11.9 Å². The molecule has 164 valence electrons. The van der Waals surface area contributed by atoms with Gasteiger partial charge in [-0.1, -0.05) is 55.4 Å². The molecule has 0 saturated heterocycles. The lowest BCUT2D eigenvalue weighted by Gasteiger charge is -2.28. The van der Waals surface area contributed by atoms with Crippen molar-refractivity contribution in [3.8, 4) is 11.3 Å². The van der Waals surface area contributed by atoms with Crippen LogP contribution in [-0.2, 0) is 4.79 Å². The predicted octanol–water partition coefficient (Wildman–Crippen LogP) is 4.40. The normalized spacial score (nSPS) is 11.4. The first kappa shape index (κ1) is 24.0. The summed E-state index contributed by atoms with van der Waals surface area (Å²) in [5.41, 5.74) is 0.715. The maximum atomic E-state index is 13.0. The molecule has 0 aliphatic heterocycles. The minimum Gasteiger partial charge on any atom is -0.355 e. The van der Waals surface area contributed by atoms with Gasteiger partial charge in [0.1, 0.15) is 12.1 Å². The van der Waals surface area contributed by atoms with E-state index in [0.717, 1.165) is 6.29 Å². The third kappa shape index (κ3) is 7.46. The van der Waals surface area contributed by atoms with Gasteiger partial charge in [0.2, 0.25) is 0 Å². The van der Waals surface area contributed by atoms with Crippen molar-refractivity contribution in [3.05, 3.63) is 78.2 Å². The van der Waals surface area contributed by atoms with Crippen molar-refractivity contribution in [2.75, 3.05) is 13.7 Å². The van der Waals surface area contributed by atoms with E-state index in [1.54, 1.807) is 19.2 Å². The summed E-state index contributed by atoms with van der Waals surface area (Å²) in [6.45, 7) is 4.19. The second-order valence-corrected chi connectivity index (χ2v) is 7.36. The van der Waals surface area contributed by atoms with Gasteiger partial charge in [-0.05, 0) is 43.7 Å². The Balaban J connectivity index is 0.000000488. The summed E-state index contributed by atoms with van der Waals surface area (Å²) in [6, 6.07) is 18.6. The van der Waals surface area contributed by atoms with Crippen LogP contribution in [0.4, 0.5) is 4.39 Å². The Hall–Kier alpha value is -3.32. The van der Waals surface area contributed by atoms with Crippen LogP contribution in [-0.4, -0.2) is 42.0 Å². The minimum atomic E-state index is -0.550. The Morgan fingerprint density at radius 3 is 2.19 bits per heavy atom. The lowest BCUT2D eigenvalue weighted by molar-refractivity contribution is -0.112. The topological polar surface area (TPSA) is 75.4 Å². The van der Waals surface area contributed by atoms with Crippen molar-refractivity contribution in [1.82, 2.24) is 15.4 Å². The molecule has 0 radical (unpaired) electrons. The Morgan fingerprint density at radius 1 is 1.13 bits per heavy atom. The predicted molar refractivity (Wildman–Crippen MR) is 118 cm³/mol. The SMILES string of the molecule is CNCN(C(=O)c1cc(-c2ccc(F)cc2)on1)C(C=O)CC(C)C.c1ccccc1. The van der Waals surface area contributed by atoms with Gasteiger partial charge in [0.15, 0.2) is 11.5 Å². The Labute approximate surface area is 182 Å². The summed E-state index contributed by atoms with van der Waals surface area (Å²) in [5, 5.41) is 6.71. The third-order valence-electron chi connectivity index (χ3n) is 4.38. The molecule has 7 heteroatoms. The monoisotopic (exact) mass is 425 g/mol. The first-order valence-electron chi connectivity index (χ1n) is 10.1. The van der Waals surface area contributed by atoms with Crippen LogP contribution in [0.3, 0.4) is 0 Å². The van der Waals surface area contributed by atoms with Crippen LogP contribution in [0, 0.1) is 11.7 Å². The molecule has 1 heterocycles. The van der Waals surface area contributed by atoms with E-state index in [2.05, 4.69) is 10.5 Å². The highest BCUT2D eigenvalue weighted by Crippen LogP contribution is 2.22. The Kier molecular flexibility index (Phi) is 9.58. The number of aldehydes is 1. The first-order chi connectivity index (χ1) is 15.0. The number of halogens is 1. The molecule has 1 amide bonds. The molecule has 1 aromatic heterocycles. The van der Waals surface area contributed by atoms with Crippen LogP contribution in [0.5, 0.6) is 0 Å². The van der Waals surface area contributed by atoms with Crippen molar-refractivity contribution in [2.45, 2.75) is 26.3 Å². The minimum absolute atomic E-state index is 0.102. The van der Waals surface area contributed by atoms with Gasteiger partial charge >= 0.3 is 0 Å². The van der Waals surface area contributed by atoms with Gasteiger partial charge in [0.25, 0.3) is 5.91 Å². The molecule has 0 spiro atoms.